The van der Waals surface area contributed by atoms with Gasteiger partial charge < -0.3 is 20.1 Å². The van der Waals surface area contributed by atoms with Crippen LogP contribution >= 0.6 is 0 Å². The van der Waals surface area contributed by atoms with Crippen LogP contribution in [0.15, 0.2) is 0 Å². The fourth-order valence-corrected chi connectivity index (χ4v) is 1.17. The molecule has 0 aromatic rings. The van der Waals surface area contributed by atoms with E-state index in [1.165, 1.54) is 0 Å². The van der Waals surface area contributed by atoms with E-state index in [4.69, 9.17) is 14.9 Å². The van der Waals surface area contributed by atoms with Crippen molar-refractivity contribution in [3.8, 4) is 0 Å². The summed E-state index contributed by atoms with van der Waals surface area (Å²) < 4.78 is 4.88. The molecule has 0 aromatic heterocycles. The van der Waals surface area contributed by atoms with Crippen molar-refractivity contribution in [2.75, 3.05) is 0 Å². The van der Waals surface area contributed by atoms with Gasteiger partial charge in [0.1, 0.15) is 6.10 Å². The van der Waals surface area contributed by atoms with Gasteiger partial charge in [-0.15, -0.1) is 0 Å². The summed E-state index contributed by atoms with van der Waals surface area (Å²) in [6.45, 7) is 5.47. The van der Waals surface area contributed by atoms with Gasteiger partial charge in [-0.3, -0.25) is 0 Å². The first-order valence-electron chi connectivity index (χ1n) is 5.10. The first kappa shape index (κ1) is 14.9. The summed E-state index contributed by atoms with van der Waals surface area (Å²) >= 11 is 0. The monoisotopic (exact) mass is 234 g/mol. The number of aliphatic hydroxyl groups excluding tert-OH is 2. The number of carboxylic acids is 1. The van der Waals surface area contributed by atoms with E-state index in [1.54, 1.807) is 6.92 Å². The van der Waals surface area contributed by atoms with Crippen LogP contribution in [0.4, 0.5) is 0 Å². The zero-order valence-corrected chi connectivity index (χ0v) is 9.58. The van der Waals surface area contributed by atoms with Crippen molar-refractivity contribution in [2.45, 2.75) is 45.5 Å². The second-order valence-corrected chi connectivity index (χ2v) is 3.86. The summed E-state index contributed by atoms with van der Waals surface area (Å²) in [6.07, 6.45) is -4.05. The van der Waals surface area contributed by atoms with Gasteiger partial charge in [0.05, 0.1) is 0 Å². The third-order valence-electron chi connectivity index (χ3n) is 2.21. The highest BCUT2D eigenvalue weighted by molar-refractivity contribution is 5.84. The Bertz CT molecular complexity index is 250. The lowest BCUT2D eigenvalue weighted by Crippen LogP contribution is -2.42. The molecule has 3 N–H and O–H groups in total. The highest BCUT2D eigenvalue weighted by atomic mass is 16.6. The molecule has 0 aliphatic rings. The van der Waals surface area contributed by atoms with Gasteiger partial charge in [-0.1, -0.05) is 20.8 Å². The minimum absolute atomic E-state index is 0.0584. The average molecular weight is 234 g/mol. The Morgan fingerprint density at radius 1 is 1.19 bits per heavy atom. The minimum Gasteiger partial charge on any atom is -0.479 e. The van der Waals surface area contributed by atoms with Gasteiger partial charge >= 0.3 is 11.9 Å². The lowest BCUT2D eigenvalue weighted by Gasteiger charge is -2.22. The molecule has 0 heterocycles. The van der Waals surface area contributed by atoms with Crippen LogP contribution in [0.25, 0.3) is 0 Å². The van der Waals surface area contributed by atoms with Gasteiger partial charge in [-0.25, -0.2) is 9.59 Å². The molecule has 6 nitrogen and oxygen atoms in total. The molecule has 94 valence electrons. The Morgan fingerprint density at radius 2 is 1.69 bits per heavy atom. The van der Waals surface area contributed by atoms with Crippen LogP contribution < -0.4 is 0 Å². The van der Waals surface area contributed by atoms with E-state index >= 15 is 0 Å². The molecule has 0 aliphatic carbocycles. The van der Waals surface area contributed by atoms with E-state index < -0.39 is 30.3 Å². The summed E-state index contributed by atoms with van der Waals surface area (Å²) in [5.41, 5.74) is 0. The summed E-state index contributed by atoms with van der Waals surface area (Å²) in [5, 5.41) is 26.5. The van der Waals surface area contributed by atoms with Gasteiger partial charge in [0.25, 0.3) is 0 Å². The van der Waals surface area contributed by atoms with Gasteiger partial charge in [0.15, 0.2) is 12.2 Å². The summed E-state index contributed by atoms with van der Waals surface area (Å²) in [5.74, 6) is -2.72. The van der Waals surface area contributed by atoms with E-state index in [2.05, 4.69) is 0 Å². The highest BCUT2D eigenvalue weighted by Gasteiger charge is 2.33. The van der Waals surface area contributed by atoms with E-state index in [9.17, 15) is 14.7 Å². The van der Waals surface area contributed by atoms with Crippen LogP contribution in [-0.2, 0) is 14.3 Å². The number of aliphatic carboxylic acids is 1. The van der Waals surface area contributed by atoms with Gasteiger partial charge in [0, 0.05) is 0 Å². The Morgan fingerprint density at radius 3 is 2.00 bits per heavy atom. The highest BCUT2D eigenvalue weighted by Crippen LogP contribution is 2.12. The molecule has 0 saturated carbocycles. The van der Waals surface area contributed by atoms with Crippen molar-refractivity contribution < 1.29 is 29.6 Å². The molecule has 3 unspecified atom stereocenters. The standard InChI is InChI=1S/C10H18O6/c1-4-6(5(2)3)16-10(15)8(12)7(11)9(13)14/h5-8,11-12H,4H2,1-3H3,(H,13,14). The zero-order chi connectivity index (χ0) is 12.9. The Labute approximate surface area is 93.8 Å². The fourth-order valence-electron chi connectivity index (χ4n) is 1.17. The normalized spacial score (nSPS) is 16.6. The van der Waals surface area contributed by atoms with Crippen LogP contribution in [0.1, 0.15) is 27.2 Å². The van der Waals surface area contributed by atoms with E-state index in [0.29, 0.717) is 6.42 Å². The molecule has 0 aromatic carbocycles. The van der Waals surface area contributed by atoms with E-state index in [1.807, 2.05) is 13.8 Å². The van der Waals surface area contributed by atoms with E-state index in [-0.39, 0.29) is 5.92 Å². The lowest BCUT2D eigenvalue weighted by molar-refractivity contribution is -0.175. The molecule has 0 aliphatic heterocycles. The Balaban J connectivity index is 4.40. The second kappa shape index (κ2) is 6.44. The molecule has 3 atom stereocenters. The minimum atomic E-state index is -2.16. The fraction of sp³-hybridized carbons (Fsp3) is 0.800. The van der Waals surface area contributed by atoms with Crippen LogP contribution in [0.5, 0.6) is 0 Å². The molecule has 0 fully saturated rings. The van der Waals surface area contributed by atoms with E-state index in [0.717, 1.165) is 0 Å². The molecule has 0 saturated heterocycles. The maximum atomic E-state index is 11.3. The first-order valence-corrected chi connectivity index (χ1v) is 5.10. The Hall–Kier alpha value is -1.14. The van der Waals surface area contributed by atoms with Crippen molar-refractivity contribution in [1.29, 1.82) is 0 Å². The van der Waals surface area contributed by atoms with Crippen LogP contribution in [0, 0.1) is 5.92 Å². The molecule has 0 bridgehead atoms. The molecule has 0 spiro atoms. The quantitative estimate of drug-likeness (QED) is 0.548. The lowest BCUT2D eigenvalue weighted by atomic mass is 10.1. The second-order valence-electron chi connectivity index (χ2n) is 3.86. The van der Waals surface area contributed by atoms with Crippen LogP contribution in [0.3, 0.4) is 0 Å². The van der Waals surface area contributed by atoms with Crippen LogP contribution in [-0.4, -0.2) is 45.6 Å². The van der Waals surface area contributed by atoms with Gasteiger partial charge in [-0.2, -0.15) is 0 Å². The maximum absolute atomic E-state index is 11.3. The molecule has 16 heavy (non-hydrogen) atoms. The first-order chi connectivity index (χ1) is 7.31. The molecular formula is C10H18O6. The summed E-state index contributed by atoms with van der Waals surface area (Å²) in [6, 6.07) is 0. The zero-order valence-electron chi connectivity index (χ0n) is 9.58. The summed E-state index contributed by atoms with van der Waals surface area (Å²) in [4.78, 5) is 21.6. The molecule has 0 amide bonds. The van der Waals surface area contributed by atoms with Crippen molar-refractivity contribution in [2.24, 2.45) is 5.92 Å². The van der Waals surface area contributed by atoms with Crippen LogP contribution in [0.2, 0.25) is 0 Å². The molecule has 0 rings (SSSR count). The number of hydrogen-bond acceptors (Lipinski definition) is 5. The third kappa shape index (κ3) is 4.16. The average Bonchev–Trinajstić information content (AvgIpc) is 2.22. The number of aliphatic hydroxyl groups is 2. The number of ether oxygens (including phenoxy) is 1. The molecular weight excluding hydrogens is 216 g/mol. The van der Waals surface area contributed by atoms with Crippen molar-refractivity contribution in [1.82, 2.24) is 0 Å². The number of esters is 1. The Kier molecular flexibility index (Phi) is 5.98. The predicted octanol–water partition coefficient (Wildman–Crippen LogP) is -0.229. The topological polar surface area (TPSA) is 104 Å². The maximum Gasteiger partial charge on any atom is 0.338 e. The smallest absolute Gasteiger partial charge is 0.338 e. The van der Waals surface area contributed by atoms with Gasteiger partial charge in [0.2, 0.25) is 0 Å². The van der Waals surface area contributed by atoms with Crippen molar-refractivity contribution >= 4 is 11.9 Å². The number of rotatable bonds is 6. The number of carbonyl (C=O) groups is 2. The van der Waals surface area contributed by atoms with Gasteiger partial charge in [-0.05, 0) is 12.3 Å². The largest absolute Gasteiger partial charge is 0.479 e. The number of hydrogen-bond donors (Lipinski definition) is 3. The molecule has 6 heteroatoms. The van der Waals surface area contributed by atoms with Crippen molar-refractivity contribution in [3.63, 3.8) is 0 Å². The SMILES string of the molecule is CCC(OC(=O)C(O)C(O)C(=O)O)C(C)C. The predicted molar refractivity (Wildman–Crippen MR) is 54.7 cm³/mol. The number of carboxylic acid groups (broad SMARTS) is 1. The number of carbonyl (C=O) groups excluding carboxylic acids is 1. The third-order valence-corrected chi connectivity index (χ3v) is 2.21. The van der Waals surface area contributed by atoms with Crippen molar-refractivity contribution in [3.05, 3.63) is 0 Å². The summed E-state index contributed by atoms with van der Waals surface area (Å²) in [7, 11) is 0. The molecule has 0 radical (unpaired) electrons.